The molecule has 0 unspecified atom stereocenters. The highest BCUT2D eigenvalue weighted by Crippen LogP contribution is 2.36. The lowest BCUT2D eigenvalue weighted by Gasteiger charge is -2.30. The SMILES string of the molecule is Cc1cc2c(n1CC(C)C)CC(C)(C)CC2=O. The van der Waals surface area contributed by atoms with Crippen LogP contribution in [0.3, 0.4) is 0 Å². The van der Waals surface area contributed by atoms with Crippen molar-refractivity contribution in [2.24, 2.45) is 11.3 Å². The standard InChI is InChI=1S/C15H23NO/c1-10(2)9-16-11(3)6-12-13(16)7-15(4,5)8-14(12)17/h6,10H,7-9H2,1-5H3. The summed E-state index contributed by atoms with van der Waals surface area (Å²) >= 11 is 0. The number of fused-ring (bicyclic) bond motifs is 1. The van der Waals surface area contributed by atoms with Crippen LogP contribution in [0.4, 0.5) is 0 Å². The third kappa shape index (κ3) is 2.31. The van der Waals surface area contributed by atoms with Gasteiger partial charge in [-0.2, -0.15) is 0 Å². The molecule has 0 aromatic carbocycles. The van der Waals surface area contributed by atoms with E-state index in [9.17, 15) is 4.79 Å². The average molecular weight is 233 g/mol. The normalized spacial score (nSPS) is 18.6. The summed E-state index contributed by atoms with van der Waals surface area (Å²) in [5.74, 6) is 0.937. The zero-order chi connectivity index (χ0) is 12.8. The summed E-state index contributed by atoms with van der Waals surface area (Å²) in [4.78, 5) is 12.1. The maximum Gasteiger partial charge on any atom is 0.165 e. The van der Waals surface area contributed by atoms with Gasteiger partial charge >= 0.3 is 0 Å². The quantitative estimate of drug-likeness (QED) is 0.765. The van der Waals surface area contributed by atoms with Crippen molar-refractivity contribution in [3.8, 4) is 0 Å². The minimum atomic E-state index is 0.115. The zero-order valence-electron chi connectivity index (χ0n) is 11.6. The Morgan fingerprint density at radius 3 is 2.59 bits per heavy atom. The third-order valence-electron chi connectivity index (χ3n) is 3.55. The summed E-state index contributed by atoms with van der Waals surface area (Å²) in [6, 6.07) is 2.08. The molecule has 0 saturated heterocycles. The van der Waals surface area contributed by atoms with Crippen molar-refractivity contribution in [1.29, 1.82) is 0 Å². The summed E-state index contributed by atoms with van der Waals surface area (Å²) < 4.78 is 2.35. The van der Waals surface area contributed by atoms with E-state index in [1.54, 1.807) is 0 Å². The number of Topliss-reactive ketones (excluding diaryl/α,β-unsaturated/α-hetero) is 1. The second-order valence-electron chi connectivity index (χ2n) is 6.59. The first-order valence-electron chi connectivity index (χ1n) is 6.52. The molecule has 1 heterocycles. The van der Waals surface area contributed by atoms with Crippen LogP contribution in [0.25, 0.3) is 0 Å². The van der Waals surface area contributed by atoms with Crippen molar-refractivity contribution >= 4 is 5.78 Å². The molecular formula is C15H23NO. The predicted octanol–water partition coefficient (Wildman–Crippen LogP) is 3.61. The molecular weight excluding hydrogens is 210 g/mol. The minimum Gasteiger partial charge on any atom is -0.348 e. The molecule has 17 heavy (non-hydrogen) atoms. The van der Waals surface area contributed by atoms with Gasteiger partial charge in [-0.05, 0) is 30.7 Å². The maximum atomic E-state index is 12.1. The van der Waals surface area contributed by atoms with Crippen molar-refractivity contribution in [3.05, 3.63) is 23.0 Å². The number of hydrogen-bond acceptors (Lipinski definition) is 1. The van der Waals surface area contributed by atoms with E-state index in [0.29, 0.717) is 18.1 Å². The third-order valence-corrected chi connectivity index (χ3v) is 3.55. The lowest BCUT2D eigenvalue weighted by Crippen LogP contribution is -2.28. The fraction of sp³-hybridized carbons (Fsp3) is 0.667. The smallest absolute Gasteiger partial charge is 0.165 e. The molecule has 0 radical (unpaired) electrons. The molecule has 0 fully saturated rings. The number of nitrogens with zero attached hydrogens (tertiary/aromatic N) is 1. The Bertz CT molecular complexity index is 452. The Morgan fingerprint density at radius 2 is 2.00 bits per heavy atom. The number of carbonyl (C=O) groups excluding carboxylic acids is 1. The van der Waals surface area contributed by atoms with Crippen molar-refractivity contribution in [1.82, 2.24) is 4.57 Å². The summed E-state index contributed by atoms with van der Waals surface area (Å²) in [7, 11) is 0. The van der Waals surface area contributed by atoms with Crippen LogP contribution in [0, 0.1) is 18.3 Å². The molecule has 0 N–H and O–H groups in total. The van der Waals surface area contributed by atoms with Crippen LogP contribution in [0.2, 0.25) is 0 Å². The van der Waals surface area contributed by atoms with E-state index >= 15 is 0 Å². The van der Waals surface area contributed by atoms with Gasteiger partial charge in [-0.1, -0.05) is 27.7 Å². The van der Waals surface area contributed by atoms with E-state index < -0.39 is 0 Å². The zero-order valence-corrected chi connectivity index (χ0v) is 11.6. The Morgan fingerprint density at radius 1 is 1.35 bits per heavy atom. The van der Waals surface area contributed by atoms with Crippen LogP contribution in [0.5, 0.6) is 0 Å². The fourth-order valence-corrected chi connectivity index (χ4v) is 2.83. The van der Waals surface area contributed by atoms with Gasteiger partial charge in [0.1, 0.15) is 0 Å². The van der Waals surface area contributed by atoms with E-state index in [1.165, 1.54) is 11.4 Å². The average Bonchev–Trinajstić information content (AvgIpc) is 2.43. The Hall–Kier alpha value is -1.05. The second-order valence-corrected chi connectivity index (χ2v) is 6.59. The molecule has 0 aliphatic heterocycles. The molecule has 0 atom stereocenters. The highest BCUT2D eigenvalue weighted by Gasteiger charge is 2.33. The van der Waals surface area contributed by atoms with E-state index in [4.69, 9.17) is 0 Å². The number of rotatable bonds is 2. The van der Waals surface area contributed by atoms with E-state index in [0.717, 1.165) is 18.5 Å². The Kier molecular flexibility index (Phi) is 2.92. The van der Waals surface area contributed by atoms with Gasteiger partial charge in [0, 0.05) is 29.9 Å². The van der Waals surface area contributed by atoms with Gasteiger partial charge in [0.2, 0.25) is 0 Å². The number of aryl methyl sites for hydroxylation is 1. The van der Waals surface area contributed by atoms with Crippen LogP contribution in [-0.2, 0) is 13.0 Å². The van der Waals surface area contributed by atoms with E-state index in [-0.39, 0.29) is 5.41 Å². The van der Waals surface area contributed by atoms with Gasteiger partial charge in [-0.25, -0.2) is 0 Å². The fourth-order valence-electron chi connectivity index (χ4n) is 2.83. The highest BCUT2D eigenvalue weighted by molar-refractivity contribution is 5.99. The molecule has 2 heteroatoms. The van der Waals surface area contributed by atoms with Crippen LogP contribution < -0.4 is 0 Å². The maximum absolute atomic E-state index is 12.1. The molecule has 1 aromatic heterocycles. The molecule has 1 aromatic rings. The molecule has 1 aliphatic carbocycles. The van der Waals surface area contributed by atoms with Crippen LogP contribution >= 0.6 is 0 Å². The summed E-state index contributed by atoms with van der Waals surface area (Å²) in [5.41, 5.74) is 3.58. The first-order chi connectivity index (χ1) is 7.80. The van der Waals surface area contributed by atoms with E-state index in [1.807, 2.05) is 0 Å². The van der Waals surface area contributed by atoms with E-state index in [2.05, 4.69) is 45.3 Å². The van der Waals surface area contributed by atoms with Crippen molar-refractivity contribution in [3.63, 3.8) is 0 Å². The topological polar surface area (TPSA) is 22.0 Å². The Balaban J connectivity index is 2.47. The predicted molar refractivity (Wildman–Crippen MR) is 70.4 cm³/mol. The van der Waals surface area contributed by atoms with Gasteiger partial charge in [-0.15, -0.1) is 0 Å². The number of ketones is 1. The molecule has 0 saturated carbocycles. The number of carbonyl (C=O) groups is 1. The van der Waals surface area contributed by atoms with Gasteiger partial charge in [0.25, 0.3) is 0 Å². The molecule has 2 rings (SSSR count). The van der Waals surface area contributed by atoms with Gasteiger partial charge in [0.05, 0.1) is 0 Å². The van der Waals surface area contributed by atoms with Gasteiger partial charge in [-0.3, -0.25) is 4.79 Å². The van der Waals surface area contributed by atoms with Crippen molar-refractivity contribution in [2.45, 2.75) is 54.0 Å². The first-order valence-corrected chi connectivity index (χ1v) is 6.52. The molecule has 0 amide bonds. The van der Waals surface area contributed by atoms with Crippen LogP contribution in [0.1, 0.15) is 55.9 Å². The molecule has 2 nitrogen and oxygen atoms in total. The lowest BCUT2D eigenvalue weighted by molar-refractivity contribution is 0.0909. The van der Waals surface area contributed by atoms with Gasteiger partial charge in [0.15, 0.2) is 5.78 Å². The first kappa shape index (κ1) is 12.4. The molecule has 1 aliphatic rings. The summed E-state index contributed by atoms with van der Waals surface area (Å²) in [6.07, 6.45) is 1.71. The van der Waals surface area contributed by atoms with Crippen LogP contribution in [0.15, 0.2) is 6.07 Å². The second kappa shape index (κ2) is 4.01. The summed E-state index contributed by atoms with van der Waals surface area (Å²) in [5, 5.41) is 0. The largest absolute Gasteiger partial charge is 0.348 e. The highest BCUT2D eigenvalue weighted by atomic mass is 16.1. The molecule has 94 valence electrons. The van der Waals surface area contributed by atoms with Crippen molar-refractivity contribution < 1.29 is 4.79 Å². The van der Waals surface area contributed by atoms with Crippen molar-refractivity contribution in [2.75, 3.05) is 0 Å². The molecule has 0 bridgehead atoms. The van der Waals surface area contributed by atoms with Crippen LogP contribution in [-0.4, -0.2) is 10.4 Å². The number of hydrogen-bond donors (Lipinski definition) is 0. The Labute approximate surface area is 104 Å². The monoisotopic (exact) mass is 233 g/mol. The lowest BCUT2D eigenvalue weighted by atomic mass is 9.76. The summed E-state index contributed by atoms with van der Waals surface area (Å²) in [6.45, 7) is 12.0. The van der Waals surface area contributed by atoms with Gasteiger partial charge < -0.3 is 4.57 Å². The minimum absolute atomic E-state index is 0.115. The molecule has 0 spiro atoms. The number of aromatic nitrogens is 1.